The van der Waals surface area contributed by atoms with Gasteiger partial charge in [-0.05, 0) is 32.1 Å². The number of hydrogen-bond donors (Lipinski definition) is 1. The monoisotopic (exact) mass is 614 g/mol. The number of likely N-dealkylation sites (N-methyl/N-ethyl adjacent to an activating group) is 1. The molecule has 0 aromatic carbocycles. The molecule has 0 aliphatic heterocycles. The number of rotatable bonds is 30. The molecule has 9 heteroatoms. The second-order valence-corrected chi connectivity index (χ2v) is 12.5. The van der Waals surface area contributed by atoms with E-state index in [0.717, 1.165) is 57.8 Å². The molecule has 0 saturated heterocycles. The van der Waals surface area contributed by atoms with Crippen LogP contribution in [0.3, 0.4) is 0 Å². The number of carboxylic acids is 1. The van der Waals surface area contributed by atoms with Gasteiger partial charge in [0.25, 0.3) is 6.29 Å². The molecule has 0 bridgehead atoms. The summed E-state index contributed by atoms with van der Waals surface area (Å²) in [5.41, 5.74) is 0. The Hall–Kier alpha value is -1.97. The van der Waals surface area contributed by atoms with Gasteiger partial charge in [-0.2, -0.15) is 0 Å². The average molecular weight is 615 g/mol. The molecular formula is C34H64NO8+. The highest BCUT2D eigenvalue weighted by molar-refractivity contribution is 5.71. The third-order valence-corrected chi connectivity index (χ3v) is 7.02. The Bertz CT molecular complexity index is 734. The van der Waals surface area contributed by atoms with Gasteiger partial charge in [-0.1, -0.05) is 96.6 Å². The highest BCUT2D eigenvalue weighted by atomic mass is 16.7. The lowest BCUT2D eigenvalue weighted by Crippen LogP contribution is -2.40. The molecule has 1 N–H and O–H groups in total. The third-order valence-electron chi connectivity index (χ3n) is 7.02. The van der Waals surface area contributed by atoms with E-state index in [1.807, 2.05) is 21.1 Å². The summed E-state index contributed by atoms with van der Waals surface area (Å²) in [4.78, 5) is 36.5. The predicted molar refractivity (Wildman–Crippen MR) is 171 cm³/mol. The van der Waals surface area contributed by atoms with E-state index in [0.29, 0.717) is 23.9 Å². The van der Waals surface area contributed by atoms with Gasteiger partial charge in [0, 0.05) is 12.8 Å². The van der Waals surface area contributed by atoms with Gasteiger partial charge in [-0.3, -0.25) is 9.59 Å². The van der Waals surface area contributed by atoms with Crippen molar-refractivity contribution in [1.29, 1.82) is 0 Å². The summed E-state index contributed by atoms with van der Waals surface area (Å²) in [5.74, 6) is -2.03. The third kappa shape index (κ3) is 28.6. The number of nitrogens with zero attached hydrogens (tertiary/aromatic N) is 1. The van der Waals surface area contributed by atoms with Crippen LogP contribution in [0.25, 0.3) is 0 Å². The number of hydrogen-bond acceptors (Lipinski definition) is 7. The summed E-state index contributed by atoms with van der Waals surface area (Å²) in [6.07, 6.45) is 20.0. The zero-order valence-electron chi connectivity index (χ0n) is 28.1. The van der Waals surface area contributed by atoms with Gasteiger partial charge < -0.3 is 28.5 Å². The molecule has 0 saturated carbocycles. The molecule has 9 nitrogen and oxygen atoms in total. The Morgan fingerprint density at radius 1 is 0.674 bits per heavy atom. The van der Waals surface area contributed by atoms with Crippen molar-refractivity contribution in [2.45, 2.75) is 142 Å². The maximum absolute atomic E-state index is 12.6. The Morgan fingerprint density at radius 3 is 1.79 bits per heavy atom. The van der Waals surface area contributed by atoms with Crippen molar-refractivity contribution in [2.75, 3.05) is 47.5 Å². The van der Waals surface area contributed by atoms with Crippen molar-refractivity contribution in [1.82, 2.24) is 0 Å². The fraction of sp³-hybridized carbons (Fsp3) is 0.853. The summed E-state index contributed by atoms with van der Waals surface area (Å²) in [6.45, 7) is 4.74. The summed E-state index contributed by atoms with van der Waals surface area (Å²) < 4.78 is 22.4. The van der Waals surface area contributed by atoms with Gasteiger partial charge in [-0.15, -0.1) is 0 Å². The lowest BCUT2D eigenvalue weighted by molar-refractivity contribution is -0.870. The molecule has 0 heterocycles. The molecule has 0 spiro atoms. The number of allylic oxidation sites excluding steroid dienone is 2. The van der Waals surface area contributed by atoms with Crippen molar-refractivity contribution in [2.24, 2.45) is 0 Å². The summed E-state index contributed by atoms with van der Waals surface area (Å²) in [6, 6.07) is 0. The first-order chi connectivity index (χ1) is 20.6. The Kier molecular flexibility index (Phi) is 26.3. The van der Waals surface area contributed by atoms with Gasteiger partial charge >= 0.3 is 17.9 Å². The fourth-order valence-electron chi connectivity index (χ4n) is 4.28. The number of esters is 2. The van der Waals surface area contributed by atoms with E-state index in [-0.39, 0.29) is 32.2 Å². The molecule has 0 radical (unpaired) electrons. The van der Waals surface area contributed by atoms with Crippen molar-refractivity contribution in [3.05, 3.63) is 12.2 Å². The number of ether oxygens (including phenoxy) is 4. The molecule has 0 amide bonds. The average Bonchev–Trinajstić information content (AvgIpc) is 2.94. The van der Waals surface area contributed by atoms with Crippen LogP contribution in [0.2, 0.25) is 0 Å². The van der Waals surface area contributed by atoms with Gasteiger partial charge in [0.05, 0.1) is 34.4 Å². The molecule has 0 fully saturated rings. The maximum Gasteiger partial charge on any atom is 0.361 e. The molecule has 43 heavy (non-hydrogen) atoms. The molecule has 252 valence electrons. The first-order valence-corrected chi connectivity index (χ1v) is 16.9. The normalized spacial score (nSPS) is 13.2. The first-order valence-electron chi connectivity index (χ1n) is 16.9. The predicted octanol–water partition coefficient (Wildman–Crippen LogP) is 7.21. The highest BCUT2D eigenvalue weighted by Crippen LogP contribution is 2.12. The SMILES string of the molecule is CCCC/C=C\CCCCCCCC(=O)OC(COC(=O)CCCCCCCCC)COC(OCC[N+](C)(C)C)C(=O)O. The van der Waals surface area contributed by atoms with Crippen LogP contribution in [0.5, 0.6) is 0 Å². The van der Waals surface area contributed by atoms with Gasteiger partial charge in [0.2, 0.25) is 0 Å². The Morgan fingerprint density at radius 2 is 1.21 bits per heavy atom. The summed E-state index contributed by atoms with van der Waals surface area (Å²) in [5, 5.41) is 9.52. The summed E-state index contributed by atoms with van der Waals surface area (Å²) >= 11 is 0. The highest BCUT2D eigenvalue weighted by Gasteiger charge is 2.25. The van der Waals surface area contributed by atoms with E-state index in [2.05, 4.69) is 26.0 Å². The van der Waals surface area contributed by atoms with Crippen LogP contribution in [0.4, 0.5) is 0 Å². The molecule has 2 unspecified atom stereocenters. The van der Waals surface area contributed by atoms with E-state index in [4.69, 9.17) is 18.9 Å². The first kappa shape index (κ1) is 41.0. The van der Waals surface area contributed by atoms with E-state index in [1.54, 1.807) is 0 Å². The van der Waals surface area contributed by atoms with Gasteiger partial charge in [-0.25, -0.2) is 4.79 Å². The standard InChI is InChI=1S/C34H63NO8/c1-6-8-10-12-14-15-16-17-19-21-23-25-32(37)43-30(28-41-31(36)24-22-20-18-13-11-9-7-2)29-42-34(33(38)39)40-27-26-35(3,4)5/h12,14,30,34H,6-11,13,15-29H2,1-5H3/p+1/b14-12-. The number of unbranched alkanes of at least 4 members (excludes halogenated alkanes) is 13. The van der Waals surface area contributed by atoms with Crippen LogP contribution in [0.15, 0.2) is 12.2 Å². The lowest BCUT2D eigenvalue weighted by atomic mass is 10.1. The lowest BCUT2D eigenvalue weighted by Gasteiger charge is -2.25. The molecule has 0 aromatic heterocycles. The smallest absolute Gasteiger partial charge is 0.361 e. The van der Waals surface area contributed by atoms with E-state index in [1.165, 1.54) is 38.5 Å². The molecular weight excluding hydrogens is 550 g/mol. The van der Waals surface area contributed by atoms with Crippen molar-refractivity contribution in [3.63, 3.8) is 0 Å². The number of carboxylic acid groups (broad SMARTS) is 1. The number of aliphatic carboxylic acids is 1. The summed E-state index contributed by atoms with van der Waals surface area (Å²) in [7, 11) is 5.93. The van der Waals surface area contributed by atoms with Crippen LogP contribution in [0.1, 0.15) is 129 Å². The Balaban J connectivity index is 4.63. The largest absolute Gasteiger partial charge is 0.477 e. The minimum Gasteiger partial charge on any atom is -0.477 e. The number of carbonyl (C=O) groups is 3. The molecule has 2 atom stereocenters. The van der Waals surface area contributed by atoms with Gasteiger partial charge in [0.1, 0.15) is 13.2 Å². The second kappa shape index (κ2) is 27.6. The maximum atomic E-state index is 12.6. The fourth-order valence-corrected chi connectivity index (χ4v) is 4.28. The van der Waals surface area contributed by atoms with Crippen LogP contribution in [0, 0.1) is 0 Å². The molecule has 0 aliphatic carbocycles. The number of carbonyl (C=O) groups excluding carboxylic acids is 2. The van der Waals surface area contributed by atoms with Crippen molar-refractivity contribution in [3.8, 4) is 0 Å². The topological polar surface area (TPSA) is 108 Å². The number of quaternary nitrogens is 1. The Labute approximate surface area is 262 Å². The van der Waals surface area contributed by atoms with E-state index >= 15 is 0 Å². The second-order valence-electron chi connectivity index (χ2n) is 12.5. The van der Waals surface area contributed by atoms with E-state index < -0.39 is 24.3 Å². The zero-order valence-corrected chi connectivity index (χ0v) is 28.1. The van der Waals surface area contributed by atoms with Crippen molar-refractivity contribution < 1.29 is 42.9 Å². The van der Waals surface area contributed by atoms with Crippen LogP contribution >= 0.6 is 0 Å². The quantitative estimate of drug-likeness (QED) is 0.0297. The minimum absolute atomic E-state index is 0.182. The van der Waals surface area contributed by atoms with Crippen LogP contribution < -0.4 is 0 Å². The zero-order chi connectivity index (χ0) is 32.2. The van der Waals surface area contributed by atoms with Crippen molar-refractivity contribution >= 4 is 17.9 Å². The van der Waals surface area contributed by atoms with Crippen LogP contribution in [-0.4, -0.2) is 87.4 Å². The molecule has 0 aliphatic rings. The van der Waals surface area contributed by atoms with Gasteiger partial charge in [0.15, 0.2) is 6.10 Å². The van der Waals surface area contributed by atoms with Crippen LogP contribution in [-0.2, 0) is 33.3 Å². The van der Waals surface area contributed by atoms with E-state index in [9.17, 15) is 19.5 Å². The molecule has 0 rings (SSSR count). The molecule has 0 aromatic rings. The minimum atomic E-state index is -1.50.